The molecule has 7 rings (SSSR count). The van der Waals surface area contributed by atoms with E-state index in [4.69, 9.17) is 9.47 Å². The molecule has 2 aliphatic carbocycles. The van der Waals surface area contributed by atoms with Crippen LogP contribution in [0.25, 0.3) is 0 Å². The summed E-state index contributed by atoms with van der Waals surface area (Å²) in [5.74, 6) is 1.77. The first-order valence-corrected chi connectivity index (χ1v) is 31.0. The lowest BCUT2D eigenvalue weighted by atomic mass is 9.85. The number of piperidine rings is 2. The summed E-state index contributed by atoms with van der Waals surface area (Å²) in [6, 6.07) is 9.68. The first kappa shape index (κ1) is 71.5. The van der Waals surface area contributed by atoms with Gasteiger partial charge >= 0.3 is 0 Å². The van der Waals surface area contributed by atoms with Crippen molar-refractivity contribution in [2.24, 2.45) is 11.8 Å². The van der Waals surface area contributed by atoms with E-state index in [9.17, 15) is 0 Å². The van der Waals surface area contributed by atoms with Gasteiger partial charge in [-0.2, -0.15) is 0 Å². The molecule has 14 nitrogen and oxygen atoms in total. The quantitative estimate of drug-likeness (QED) is 0.0677. The van der Waals surface area contributed by atoms with Crippen molar-refractivity contribution in [1.82, 2.24) is 63.0 Å². The van der Waals surface area contributed by atoms with Gasteiger partial charge < -0.3 is 72.4 Å². The van der Waals surface area contributed by atoms with Crippen LogP contribution in [0.1, 0.15) is 187 Å². The van der Waals surface area contributed by atoms with Crippen LogP contribution in [-0.4, -0.2) is 201 Å². The van der Waals surface area contributed by atoms with Gasteiger partial charge in [-0.05, 0) is 163 Å². The SMILES string of the molecule is CC(C)NC1CC(N(C)C)C1.CC(C)NC1CCC(N(C)C)CC1.CC(C)NC1CCCNC1.CC(C)NC1CCCOC1.CC(C)NC1CNC1.CC(C)NCC1CCNCC1.CC(C)NCC1CCOCC1. The number of rotatable bonds is 18. The highest BCUT2D eigenvalue weighted by atomic mass is 16.5. The molecule has 10 N–H and O–H groups in total. The zero-order chi connectivity index (χ0) is 55.3. The van der Waals surface area contributed by atoms with Crippen LogP contribution in [0.5, 0.6) is 0 Å². The van der Waals surface area contributed by atoms with E-state index in [1.807, 2.05) is 0 Å². The zero-order valence-electron chi connectivity index (χ0n) is 52.3. The van der Waals surface area contributed by atoms with Gasteiger partial charge in [0.2, 0.25) is 0 Å². The number of nitrogens with zero attached hydrogens (tertiary/aromatic N) is 2. The molecule has 14 heteroatoms. The Hall–Kier alpha value is -0.560. The maximum absolute atomic E-state index is 5.32. The summed E-state index contributed by atoms with van der Waals surface area (Å²) < 4.78 is 10.6. The fraction of sp³-hybridized carbons (Fsp3) is 1.00. The van der Waals surface area contributed by atoms with E-state index in [1.54, 1.807) is 0 Å². The summed E-state index contributed by atoms with van der Waals surface area (Å²) in [4.78, 5) is 4.68. The van der Waals surface area contributed by atoms with E-state index >= 15 is 0 Å². The van der Waals surface area contributed by atoms with Crippen molar-refractivity contribution in [2.45, 2.75) is 271 Å². The van der Waals surface area contributed by atoms with Gasteiger partial charge in [-0.1, -0.05) is 96.9 Å². The molecule has 0 radical (unpaired) electrons. The van der Waals surface area contributed by atoms with Gasteiger partial charge in [0, 0.05) is 124 Å². The Bertz CT molecular complexity index is 1150. The highest BCUT2D eigenvalue weighted by molar-refractivity contribution is 4.90. The van der Waals surface area contributed by atoms with Crippen LogP contribution in [0.4, 0.5) is 0 Å². The summed E-state index contributed by atoms with van der Waals surface area (Å²) in [6.07, 6.45) is 18.4. The minimum Gasteiger partial charge on any atom is -0.381 e. The molecule has 0 amide bonds. The van der Waals surface area contributed by atoms with E-state index in [0.717, 1.165) is 88.1 Å². The lowest BCUT2D eigenvalue weighted by Crippen LogP contribution is -2.57. The van der Waals surface area contributed by atoms with Gasteiger partial charge in [-0.3, -0.25) is 0 Å². The van der Waals surface area contributed by atoms with Gasteiger partial charge in [0.15, 0.2) is 0 Å². The predicted octanol–water partition coefficient (Wildman–Crippen LogP) is 7.19. The Morgan fingerprint density at radius 3 is 1.23 bits per heavy atom. The van der Waals surface area contributed by atoms with Crippen LogP contribution in [0.3, 0.4) is 0 Å². The van der Waals surface area contributed by atoms with Crippen molar-refractivity contribution >= 4 is 0 Å². The summed E-state index contributed by atoms with van der Waals surface area (Å²) in [7, 11) is 8.72. The van der Waals surface area contributed by atoms with Crippen molar-refractivity contribution in [2.75, 3.05) is 107 Å². The number of ether oxygens (including phenoxy) is 2. The summed E-state index contributed by atoms with van der Waals surface area (Å²) in [5, 5.41) is 34.5. The first-order valence-electron chi connectivity index (χ1n) is 31.0. The van der Waals surface area contributed by atoms with Crippen LogP contribution in [0, 0.1) is 11.8 Å². The molecule has 444 valence electrons. The summed E-state index contributed by atoms with van der Waals surface area (Å²) >= 11 is 0. The molecule has 5 saturated heterocycles. The lowest BCUT2D eigenvalue weighted by Gasteiger charge is -2.41. The molecular weight excluding hydrogens is 921 g/mol. The van der Waals surface area contributed by atoms with E-state index in [1.165, 1.54) is 123 Å². The van der Waals surface area contributed by atoms with Gasteiger partial charge in [-0.25, -0.2) is 0 Å². The van der Waals surface area contributed by atoms with E-state index in [0.29, 0.717) is 54.4 Å². The fourth-order valence-corrected chi connectivity index (χ4v) is 10.4. The topological polar surface area (TPSA) is 145 Å². The van der Waals surface area contributed by atoms with E-state index < -0.39 is 0 Å². The minimum atomic E-state index is 0.590. The van der Waals surface area contributed by atoms with Crippen molar-refractivity contribution < 1.29 is 9.47 Å². The Labute approximate surface area is 461 Å². The summed E-state index contributed by atoms with van der Waals surface area (Å²) in [6.45, 7) is 44.1. The Morgan fingerprint density at radius 2 is 0.824 bits per heavy atom. The molecule has 0 aromatic heterocycles. The van der Waals surface area contributed by atoms with Crippen LogP contribution in [0.15, 0.2) is 0 Å². The van der Waals surface area contributed by atoms with Crippen LogP contribution in [-0.2, 0) is 9.47 Å². The summed E-state index contributed by atoms with van der Waals surface area (Å²) in [5.41, 5.74) is 0. The van der Waals surface area contributed by atoms with Crippen molar-refractivity contribution in [1.29, 1.82) is 0 Å². The number of hydrogen-bond donors (Lipinski definition) is 10. The Morgan fingerprint density at radius 1 is 0.378 bits per heavy atom. The van der Waals surface area contributed by atoms with Crippen LogP contribution < -0.4 is 53.2 Å². The maximum Gasteiger partial charge on any atom is 0.0619 e. The normalized spacial score (nSPS) is 25.8. The van der Waals surface area contributed by atoms with Crippen LogP contribution >= 0.6 is 0 Å². The Kier molecular flexibility index (Phi) is 42.7. The second kappa shape index (κ2) is 44.2. The second-order valence-electron chi connectivity index (χ2n) is 25.5. The molecule has 7 aliphatic rings. The third kappa shape index (κ3) is 40.6. The number of nitrogens with one attached hydrogen (secondary N) is 10. The molecule has 74 heavy (non-hydrogen) atoms. The standard InChI is InChI=1S/C11H24N2.2C9H20N2.C9H19NO.C8H18N2.C8H17NO.C6H14N2/c1-9(2)12-10-5-7-11(8-6-10)13(3)4;1-7(2)10-8-5-9(6-8)11(3)4;1-8(2)11-7-9-3-5-10-6-4-9;1-8(2)10-7-9-3-5-11-6-4-9;1-7(2)10-8-4-3-5-9-6-8;1-7(2)9-8-4-3-5-10-6-8;1-5(2)8-6-3-7-4-6/h9-12H,5-8H2,1-4H3;7-10H,5-6H2,1-4H3;8-11H,3-7H2,1-2H3;8-10H,3-7H2,1-2H3;7-10H,3-6H2,1-2H3;7-9H,3-6H2,1-2H3;5-8H,3-4H2,1-2H3. The highest BCUT2D eigenvalue weighted by Crippen LogP contribution is 2.24. The molecule has 2 saturated carbocycles. The van der Waals surface area contributed by atoms with E-state index in [-0.39, 0.29) is 0 Å². The maximum atomic E-state index is 5.32. The molecule has 0 bridgehead atoms. The molecule has 2 atom stereocenters. The van der Waals surface area contributed by atoms with Crippen molar-refractivity contribution in [3.63, 3.8) is 0 Å². The molecule has 5 aliphatic heterocycles. The lowest BCUT2D eigenvalue weighted by molar-refractivity contribution is 0.0658. The van der Waals surface area contributed by atoms with Gasteiger partial charge in [0.05, 0.1) is 6.61 Å². The molecule has 0 spiro atoms. The molecule has 7 fully saturated rings. The highest BCUT2D eigenvalue weighted by Gasteiger charge is 2.30. The Balaban J connectivity index is 0.000000433. The van der Waals surface area contributed by atoms with Gasteiger partial charge in [-0.15, -0.1) is 0 Å². The molecule has 0 aromatic rings. The van der Waals surface area contributed by atoms with Crippen LogP contribution in [0.2, 0.25) is 0 Å². The van der Waals surface area contributed by atoms with Gasteiger partial charge in [0.25, 0.3) is 0 Å². The largest absolute Gasteiger partial charge is 0.381 e. The predicted molar refractivity (Wildman–Crippen MR) is 323 cm³/mol. The fourth-order valence-electron chi connectivity index (χ4n) is 10.4. The molecule has 0 aromatic carbocycles. The number of hydrogen-bond acceptors (Lipinski definition) is 14. The first-order chi connectivity index (χ1) is 35.1. The third-order valence-corrected chi connectivity index (χ3v) is 14.8. The second-order valence-corrected chi connectivity index (χ2v) is 25.5. The monoisotopic (exact) mass is 1050 g/mol. The molecule has 2 unspecified atom stereocenters. The van der Waals surface area contributed by atoms with Crippen molar-refractivity contribution in [3.05, 3.63) is 0 Å². The molecule has 5 heterocycles. The minimum absolute atomic E-state index is 0.590. The zero-order valence-corrected chi connectivity index (χ0v) is 52.3. The average Bonchev–Trinajstić information content (AvgIpc) is 3.32. The average molecular weight is 1050 g/mol. The van der Waals surface area contributed by atoms with Crippen molar-refractivity contribution in [3.8, 4) is 0 Å². The van der Waals surface area contributed by atoms with Gasteiger partial charge in [0.1, 0.15) is 0 Å². The third-order valence-electron chi connectivity index (χ3n) is 14.8. The smallest absolute Gasteiger partial charge is 0.0619 e. The van der Waals surface area contributed by atoms with E-state index in [2.05, 4.69) is 188 Å². The molecular formula is C60H132N12O2.